The number of carbonyl (C=O) groups excluding carboxylic acids is 2. The number of amides is 1. The fourth-order valence-electron chi connectivity index (χ4n) is 4.97. The lowest BCUT2D eigenvalue weighted by Crippen LogP contribution is -2.32. The molecule has 0 unspecified atom stereocenters. The van der Waals surface area contributed by atoms with Crippen molar-refractivity contribution in [1.82, 2.24) is 35.5 Å². The van der Waals surface area contributed by atoms with Gasteiger partial charge in [0.25, 0.3) is 0 Å². The molecule has 0 fully saturated rings. The van der Waals surface area contributed by atoms with Gasteiger partial charge in [-0.3, -0.25) is 9.59 Å². The van der Waals surface area contributed by atoms with Crippen molar-refractivity contribution < 1.29 is 18.7 Å². The molecule has 0 bridgehead atoms. The van der Waals surface area contributed by atoms with Crippen molar-refractivity contribution in [3.05, 3.63) is 69.6 Å². The summed E-state index contributed by atoms with van der Waals surface area (Å²) >= 11 is 10.5. The van der Waals surface area contributed by atoms with Gasteiger partial charge in [-0.25, -0.2) is 10.1 Å². The third-order valence-corrected chi connectivity index (χ3v) is 8.03. The maximum Gasteiger partial charge on any atom is 0.325 e. The van der Waals surface area contributed by atoms with Crippen LogP contribution in [-0.4, -0.2) is 55.2 Å². The number of rotatable bonds is 12. The van der Waals surface area contributed by atoms with Gasteiger partial charge in [0.2, 0.25) is 5.91 Å². The molecule has 2 aromatic heterocycles. The Morgan fingerprint density at radius 3 is 2.69 bits per heavy atom. The van der Waals surface area contributed by atoms with E-state index in [-0.39, 0.29) is 30.6 Å². The molecule has 0 radical (unpaired) electrons. The van der Waals surface area contributed by atoms with Crippen molar-refractivity contribution in [2.75, 3.05) is 13.2 Å². The van der Waals surface area contributed by atoms with E-state index in [1.165, 1.54) is 0 Å². The van der Waals surface area contributed by atoms with Crippen molar-refractivity contribution in [2.45, 2.75) is 46.1 Å². The van der Waals surface area contributed by atoms with Crippen LogP contribution in [0.3, 0.4) is 0 Å². The van der Waals surface area contributed by atoms with Crippen LogP contribution >= 0.6 is 27.5 Å². The third kappa shape index (κ3) is 6.09. The number of aromatic amines is 1. The SMILES string of the molecule is CCCCc1nc(Cl)c(CC(=O)NCC(=O)OCC)n1Cc1c2ccocc-2c(Br)c1-c1ccccc1-c1nnn[nH]1. The second kappa shape index (κ2) is 13.3. The van der Waals surface area contributed by atoms with Crippen LogP contribution in [0.15, 0.2) is 51.7 Å². The minimum atomic E-state index is -0.502. The molecule has 0 atom stereocenters. The van der Waals surface area contributed by atoms with Crippen LogP contribution in [0.2, 0.25) is 5.15 Å². The highest BCUT2D eigenvalue weighted by Crippen LogP contribution is 2.48. The third-order valence-electron chi connectivity index (χ3n) is 6.91. The maximum atomic E-state index is 12.9. The number of imidazole rings is 1. The van der Waals surface area contributed by atoms with Crippen LogP contribution in [-0.2, 0) is 33.7 Å². The van der Waals surface area contributed by atoms with Gasteiger partial charge < -0.3 is 19.0 Å². The van der Waals surface area contributed by atoms with Gasteiger partial charge in [0, 0.05) is 27.6 Å². The zero-order valence-electron chi connectivity index (χ0n) is 23.1. The fraction of sp³-hybridized carbons (Fsp3) is 0.310. The van der Waals surface area contributed by atoms with E-state index in [9.17, 15) is 9.59 Å². The first-order chi connectivity index (χ1) is 20.4. The zero-order valence-corrected chi connectivity index (χ0v) is 25.5. The van der Waals surface area contributed by atoms with Gasteiger partial charge in [-0.05, 0) is 62.5 Å². The summed E-state index contributed by atoms with van der Waals surface area (Å²) in [6, 6.07) is 9.78. The molecule has 0 spiro atoms. The molecule has 3 aromatic rings. The maximum absolute atomic E-state index is 12.9. The number of esters is 1. The first-order valence-electron chi connectivity index (χ1n) is 13.6. The Labute approximate surface area is 255 Å². The molecule has 1 aromatic carbocycles. The number of benzene rings is 1. The molecular weight excluding hydrogens is 626 g/mol. The predicted molar refractivity (Wildman–Crippen MR) is 160 cm³/mol. The predicted octanol–water partition coefficient (Wildman–Crippen LogP) is 5.46. The normalized spacial score (nSPS) is 11.2. The second-order valence-corrected chi connectivity index (χ2v) is 10.7. The van der Waals surface area contributed by atoms with E-state index in [0.29, 0.717) is 24.5 Å². The summed E-state index contributed by atoms with van der Waals surface area (Å²) in [5, 5.41) is 17.4. The first-order valence-corrected chi connectivity index (χ1v) is 14.8. The van der Waals surface area contributed by atoms with Crippen LogP contribution in [0.4, 0.5) is 0 Å². The Balaban J connectivity index is 1.61. The average Bonchev–Trinajstić information content (AvgIpc) is 3.70. The Kier molecular flexibility index (Phi) is 9.33. The first kappa shape index (κ1) is 29.5. The summed E-state index contributed by atoms with van der Waals surface area (Å²) < 4.78 is 13.3. The summed E-state index contributed by atoms with van der Waals surface area (Å²) in [4.78, 5) is 29.4. The number of unbranched alkanes of at least 4 members (excludes halogenated alkanes) is 1. The van der Waals surface area contributed by atoms with E-state index in [1.807, 2.05) is 34.9 Å². The van der Waals surface area contributed by atoms with Crippen LogP contribution in [0.25, 0.3) is 33.6 Å². The number of halogens is 2. The van der Waals surface area contributed by atoms with E-state index in [1.54, 1.807) is 19.5 Å². The summed E-state index contributed by atoms with van der Waals surface area (Å²) in [5.41, 5.74) is 6.07. The smallest absolute Gasteiger partial charge is 0.325 e. The number of nitrogens with one attached hydrogen (secondary N) is 2. The lowest BCUT2D eigenvalue weighted by molar-refractivity contribution is -0.143. The summed E-state index contributed by atoms with van der Waals surface area (Å²) in [6.07, 6.45) is 5.84. The molecule has 2 aliphatic rings. The number of aryl methyl sites for hydroxylation is 1. The summed E-state index contributed by atoms with van der Waals surface area (Å²) in [6.45, 7) is 4.22. The lowest BCUT2D eigenvalue weighted by Gasteiger charge is -2.16. The highest BCUT2D eigenvalue weighted by molar-refractivity contribution is 9.10. The van der Waals surface area contributed by atoms with Gasteiger partial charge >= 0.3 is 5.97 Å². The molecule has 1 aliphatic heterocycles. The molecule has 218 valence electrons. The van der Waals surface area contributed by atoms with Gasteiger partial charge in [-0.15, -0.1) is 5.10 Å². The minimum absolute atomic E-state index is 0.0534. The van der Waals surface area contributed by atoms with Gasteiger partial charge in [-0.2, -0.15) is 0 Å². The monoisotopic (exact) mass is 653 g/mol. The quantitative estimate of drug-likeness (QED) is 0.169. The molecule has 42 heavy (non-hydrogen) atoms. The highest BCUT2D eigenvalue weighted by Gasteiger charge is 2.28. The van der Waals surface area contributed by atoms with Gasteiger partial charge in [0.15, 0.2) is 11.0 Å². The van der Waals surface area contributed by atoms with E-state index >= 15 is 0 Å². The van der Waals surface area contributed by atoms with Crippen LogP contribution in [0.5, 0.6) is 0 Å². The average molecular weight is 655 g/mol. The number of H-pyrrole nitrogens is 1. The van der Waals surface area contributed by atoms with Gasteiger partial charge in [-0.1, -0.05) is 49.2 Å². The van der Waals surface area contributed by atoms with E-state index in [4.69, 9.17) is 20.8 Å². The highest BCUT2D eigenvalue weighted by atomic mass is 79.9. The zero-order chi connectivity index (χ0) is 29.6. The molecule has 1 aliphatic carbocycles. The van der Waals surface area contributed by atoms with E-state index < -0.39 is 5.97 Å². The van der Waals surface area contributed by atoms with Crippen molar-refractivity contribution in [3.8, 4) is 33.6 Å². The number of tetrazole rings is 1. The van der Waals surface area contributed by atoms with E-state index in [0.717, 1.165) is 56.5 Å². The van der Waals surface area contributed by atoms with Crippen LogP contribution < -0.4 is 5.32 Å². The Morgan fingerprint density at radius 2 is 1.95 bits per heavy atom. The topological polar surface area (TPSA) is 141 Å². The number of nitrogens with zero attached hydrogens (tertiary/aromatic N) is 5. The van der Waals surface area contributed by atoms with Crippen LogP contribution in [0, 0.1) is 0 Å². The van der Waals surface area contributed by atoms with Gasteiger partial charge in [0.1, 0.15) is 12.4 Å². The number of ether oxygens (including phenoxy) is 1. The second-order valence-electron chi connectivity index (χ2n) is 9.56. The van der Waals surface area contributed by atoms with Crippen molar-refractivity contribution in [1.29, 1.82) is 0 Å². The fourth-order valence-corrected chi connectivity index (χ4v) is 6.00. The summed E-state index contributed by atoms with van der Waals surface area (Å²) in [7, 11) is 0. The van der Waals surface area contributed by atoms with Crippen LogP contribution in [0.1, 0.15) is 43.8 Å². The molecule has 2 N–H and O–H groups in total. The number of hydrogen-bond acceptors (Lipinski definition) is 8. The summed E-state index contributed by atoms with van der Waals surface area (Å²) in [5.74, 6) is 0.452. The molecule has 11 nitrogen and oxygen atoms in total. The number of carbonyl (C=O) groups is 2. The Hall–Kier alpha value is -4.03. The molecule has 3 heterocycles. The standard InChI is InChI=1S/C29H29BrClN7O4/c1-3-5-10-23-33-28(31)22(13-24(39)32-14-25(40)42-4-2)38(23)15-20-17-11-12-41-16-21(17)27(30)26(20)18-8-6-7-9-19(18)29-34-36-37-35-29/h6-9,11-12,16H,3-5,10,13-15H2,1-2H3,(H,32,39)(H,34,35,36,37). The molecule has 5 rings (SSSR count). The molecule has 13 heteroatoms. The molecule has 0 saturated heterocycles. The largest absolute Gasteiger partial charge is 0.472 e. The number of hydrogen-bond donors (Lipinski definition) is 2. The van der Waals surface area contributed by atoms with Crippen molar-refractivity contribution in [3.63, 3.8) is 0 Å². The number of fused-ring (bicyclic) bond motifs is 1. The molecule has 0 saturated carbocycles. The Bertz CT molecular complexity index is 1660. The van der Waals surface area contributed by atoms with Crippen molar-refractivity contribution >= 4 is 39.4 Å². The Morgan fingerprint density at radius 1 is 1.14 bits per heavy atom. The van der Waals surface area contributed by atoms with Crippen molar-refractivity contribution in [2.24, 2.45) is 0 Å². The van der Waals surface area contributed by atoms with Gasteiger partial charge in [0.05, 0.1) is 37.8 Å². The molecular formula is C29H29BrClN7O4. The minimum Gasteiger partial charge on any atom is -0.472 e. The lowest BCUT2D eigenvalue weighted by atomic mass is 9.97. The molecule has 1 amide bonds. The van der Waals surface area contributed by atoms with E-state index in [2.05, 4.69) is 53.8 Å². The number of aromatic nitrogens is 6.